The van der Waals surface area contributed by atoms with E-state index in [2.05, 4.69) is 0 Å². The second-order valence-corrected chi connectivity index (χ2v) is 3.65. The van der Waals surface area contributed by atoms with Crippen molar-refractivity contribution in [1.82, 2.24) is 0 Å². The number of carbonyl (C=O) groups excluding carboxylic acids is 1. The molecule has 0 aliphatic heterocycles. The van der Waals surface area contributed by atoms with Crippen molar-refractivity contribution < 1.29 is 19.4 Å². The van der Waals surface area contributed by atoms with Gasteiger partial charge in [-0.25, -0.2) is 9.59 Å². The van der Waals surface area contributed by atoms with Crippen LogP contribution in [0.15, 0.2) is 12.1 Å². The van der Waals surface area contributed by atoms with Gasteiger partial charge in [0.1, 0.15) is 0 Å². The van der Waals surface area contributed by atoms with Crippen LogP contribution in [-0.4, -0.2) is 23.7 Å². The lowest BCUT2D eigenvalue weighted by Gasteiger charge is -2.06. The highest BCUT2D eigenvalue weighted by Gasteiger charge is 2.17. The van der Waals surface area contributed by atoms with E-state index in [9.17, 15) is 9.59 Å². The van der Waals surface area contributed by atoms with Gasteiger partial charge in [-0.2, -0.15) is 0 Å². The molecule has 0 aliphatic carbocycles. The molecule has 0 amide bonds. The van der Waals surface area contributed by atoms with Crippen LogP contribution in [-0.2, 0) is 4.74 Å². The van der Waals surface area contributed by atoms with Gasteiger partial charge in [0.25, 0.3) is 0 Å². The summed E-state index contributed by atoms with van der Waals surface area (Å²) in [6, 6.07) is 2.31. The van der Waals surface area contributed by atoms with Gasteiger partial charge in [0.2, 0.25) is 0 Å². The second kappa shape index (κ2) is 5.18. The predicted molar refractivity (Wildman–Crippen MR) is 59.4 cm³/mol. The van der Waals surface area contributed by atoms with Crippen LogP contribution < -0.4 is 0 Å². The van der Waals surface area contributed by atoms with Crippen molar-refractivity contribution in [2.75, 3.05) is 6.61 Å². The first-order valence-electron chi connectivity index (χ1n) is 4.36. The Balaban J connectivity index is 3.20. The molecule has 0 spiro atoms. The smallest absolute Gasteiger partial charge is 0.339 e. The molecule has 0 aliphatic rings. The number of aromatic carboxylic acids is 1. The number of carboxylic acid groups (broad SMARTS) is 1. The largest absolute Gasteiger partial charge is 0.478 e. The molecule has 6 heteroatoms. The molecule has 16 heavy (non-hydrogen) atoms. The summed E-state index contributed by atoms with van der Waals surface area (Å²) < 4.78 is 4.73. The number of rotatable bonds is 3. The lowest BCUT2D eigenvalue weighted by atomic mass is 10.1. The lowest BCUT2D eigenvalue weighted by molar-refractivity contribution is 0.0525. The third kappa shape index (κ3) is 2.65. The molecule has 0 radical (unpaired) electrons. The molecule has 1 aromatic carbocycles. The molecule has 0 unspecified atom stereocenters. The zero-order chi connectivity index (χ0) is 12.3. The molecular weight excluding hydrogens is 255 g/mol. The van der Waals surface area contributed by atoms with Crippen LogP contribution in [0.2, 0.25) is 10.0 Å². The van der Waals surface area contributed by atoms with Crippen molar-refractivity contribution in [3.63, 3.8) is 0 Å². The summed E-state index contributed by atoms with van der Waals surface area (Å²) in [6.45, 7) is 1.85. The first-order chi connectivity index (χ1) is 7.47. The molecule has 4 nitrogen and oxygen atoms in total. The molecule has 86 valence electrons. The Morgan fingerprint density at radius 3 is 2.25 bits per heavy atom. The number of hydrogen-bond donors (Lipinski definition) is 1. The molecule has 0 bridgehead atoms. The molecule has 0 aromatic heterocycles. The van der Waals surface area contributed by atoms with E-state index in [-0.39, 0.29) is 27.8 Å². The van der Waals surface area contributed by atoms with E-state index in [1.807, 2.05) is 0 Å². The minimum atomic E-state index is -1.21. The van der Waals surface area contributed by atoms with E-state index in [0.717, 1.165) is 6.07 Å². The molecule has 1 N–H and O–H groups in total. The molecular formula is C10H8Cl2O4. The zero-order valence-corrected chi connectivity index (χ0v) is 9.80. The topological polar surface area (TPSA) is 63.6 Å². The Bertz CT molecular complexity index is 443. The van der Waals surface area contributed by atoms with Gasteiger partial charge >= 0.3 is 11.9 Å². The number of benzene rings is 1. The van der Waals surface area contributed by atoms with E-state index in [1.165, 1.54) is 6.07 Å². The summed E-state index contributed by atoms with van der Waals surface area (Å²) in [5, 5.41) is 8.71. The first kappa shape index (κ1) is 12.8. The van der Waals surface area contributed by atoms with Crippen molar-refractivity contribution in [2.24, 2.45) is 0 Å². The maximum atomic E-state index is 11.4. The van der Waals surface area contributed by atoms with Gasteiger partial charge in [-0.3, -0.25) is 0 Å². The number of ether oxygens (including phenoxy) is 1. The third-order valence-corrected chi connectivity index (χ3v) is 2.41. The highest BCUT2D eigenvalue weighted by atomic mass is 35.5. The molecule has 0 saturated carbocycles. The first-order valence-corrected chi connectivity index (χ1v) is 5.12. The number of carbonyl (C=O) groups is 2. The van der Waals surface area contributed by atoms with Crippen LogP contribution in [0.3, 0.4) is 0 Å². The summed E-state index contributed by atoms with van der Waals surface area (Å²) >= 11 is 11.4. The standard InChI is InChI=1S/C10H8Cl2O4/c1-2-16-10(15)6-4-7(11)5(9(13)14)3-8(6)12/h3-4H,2H2,1H3,(H,13,14). The average Bonchev–Trinajstić information content (AvgIpc) is 2.20. The minimum absolute atomic E-state index is 0.000231. The van der Waals surface area contributed by atoms with Crippen LogP contribution in [0.4, 0.5) is 0 Å². The summed E-state index contributed by atoms with van der Waals surface area (Å²) in [5.74, 6) is -1.84. The maximum absolute atomic E-state index is 11.4. The van der Waals surface area contributed by atoms with Crippen molar-refractivity contribution in [1.29, 1.82) is 0 Å². The highest BCUT2D eigenvalue weighted by molar-refractivity contribution is 6.37. The molecule has 0 fully saturated rings. The summed E-state index contributed by atoms with van der Waals surface area (Å²) in [5.41, 5.74) is -0.0989. The predicted octanol–water partition coefficient (Wildman–Crippen LogP) is 2.87. The van der Waals surface area contributed by atoms with Gasteiger partial charge in [0, 0.05) is 0 Å². The molecule has 0 atom stereocenters. The number of carboxylic acids is 1. The van der Waals surface area contributed by atoms with Gasteiger partial charge in [-0.1, -0.05) is 23.2 Å². The van der Waals surface area contributed by atoms with Crippen LogP contribution >= 0.6 is 23.2 Å². The molecule has 0 saturated heterocycles. The van der Waals surface area contributed by atoms with E-state index < -0.39 is 11.9 Å². The monoisotopic (exact) mass is 262 g/mol. The van der Waals surface area contributed by atoms with Gasteiger partial charge in [0.15, 0.2) is 0 Å². The Morgan fingerprint density at radius 1 is 1.25 bits per heavy atom. The fraction of sp³-hybridized carbons (Fsp3) is 0.200. The highest BCUT2D eigenvalue weighted by Crippen LogP contribution is 2.26. The van der Waals surface area contributed by atoms with Crippen LogP contribution in [0.5, 0.6) is 0 Å². The SMILES string of the molecule is CCOC(=O)c1cc(Cl)c(C(=O)O)cc1Cl. The fourth-order valence-corrected chi connectivity index (χ4v) is 1.56. The normalized spacial score (nSPS) is 9.94. The Labute approximate surface area is 102 Å². The Hall–Kier alpha value is -1.26. The van der Waals surface area contributed by atoms with Crippen molar-refractivity contribution in [2.45, 2.75) is 6.92 Å². The van der Waals surface area contributed by atoms with E-state index in [1.54, 1.807) is 6.92 Å². The van der Waals surface area contributed by atoms with Gasteiger partial charge in [-0.05, 0) is 19.1 Å². The third-order valence-electron chi connectivity index (χ3n) is 1.78. The summed E-state index contributed by atoms with van der Waals surface area (Å²) in [7, 11) is 0. The van der Waals surface area contributed by atoms with Crippen LogP contribution in [0.25, 0.3) is 0 Å². The van der Waals surface area contributed by atoms with E-state index >= 15 is 0 Å². The Kier molecular flexibility index (Phi) is 4.15. The minimum Gasteiger partial charge on any atom is -0.478 e. The van der Waals surface area contributed by atoms with Crippen LogP contribution in [0.1, 0.15) is 27.6 Å². The maximum Gasteiger partial charge on any atom is 0.339 e. The fourth-order valence-electron chi connectivity index (χ4n) is 1.08. The second-order valence-electron chi connectivity index (χ2n) is 2.84. The van der Waals surface area contributed by atoms with E-state index in [0.29, 0.717) is 0 Å². The number of hydrogen-bond acceptors (Lipinski definition) is 3. The molecule has 1 aromatic rings. The van der Waals surface area contributed by atoms with Gasteiger partial charge < -0.3 is 9.84 Å². The zero-order valence-electron chi connectivity index (χ0n) is 8.29. The molecule has 1 rings (SSSR count). The lowest BCUT2D eigenvalue weighted by Crippen LogP contribution is -2.07. The van der Waals surface area contributed by atoms with E-state index in [4.69, 9.17) is 33.0 Å². The Morgan fingerprint density at radius 2 is 1.75 bits per heavy atom. The van der Waals surface area contributed by atoms with Crippen LogP contribution in [0, 0.1) is 0 Å². The summed E-state index contributed by atoms with van der Waals surface area (Å²) in [6.07, 6.45) is 0. The quantitative estimate of drug-likeness (QED) is 0.851. The van der Waals surface area contributed by atoms with Crippen molar-refractivity contribution in [3.05, 3.63) is 33.3 Å². The van der Waals surface area contributed by atoms with Gasteiger partial charge in [0.05, 0.1) is 27.8 Å². The van der Waals surface area contributed by atoms with Crippen molar-refractivity contribution in [3.8, 4) is 0 Å². The molecule has 0 heterocycles. The number of halogens is 2. The number of esters is 1. The van der Waals surface area contributed by atoms with Crippen molar-refractivity contribution >= 4 is 35.1 Å². The van der Waals surface area contributed by atoms with Gasteiger partial charge in [-0.15, -0.1) is 0 Å². The summed E-state index contributed by atoms with van der Waals surface area (Å²) in [4.78, 5) is 22.1. The average molecular weight is 263 g/mol.